The molecular formula is C19H21N3O4S. The Kier molecular flexibility index (Phi) is 6.86. The fourth-order valence-corrected chi connectivity index (χ4v) is 3.40. The standard InChI is InChI=1S/C19H21N3O4S/c1-2-21-27(25,26)16-10-7-14(8-11-16)9-12-19(24)22-17-6-4-3-5-15(17)13-18(20)23/h3-12,21H,2,13H2,1H3,(H2,20,23)(H,22,24). The number of sulfonamides is 1. The van der Waals surface area contributed by atoms with E-state index in [1.54, 1.807) is 49.4 Å². The lowest BCUT2D eigenvalue weighted by molar-refractivity contribution is -0.117. The van der Waals surface area contributed by atoms with Crippen LogP contribution in [-0.2, 0) is 26.0 Å². The minimum Gasteiger partial charge on any atom is -0.369 e. The summed E-state index contributed by atoms with van der Waals surface area (Å²) in [7, 11) is -3.50. The zero-order chi connectivity index (χ0) is 19.9. The molecule has 7 nitrogen and oxygen atoms in total. The van der Waals surface area contributed by atoms with Crippen LogP contribution in [0.25, 0.3) is 6.08 Å². The molecule has 0 aromatic heterocycles. The summed E-state index contributed by atoms with van der Waals surface area (Å²) in [6.07, 6.45) is 2.92. The summed E-state index contributed by atoms with van der Waals surface area (Å²) in [6.45, 7) is 2.01. The monoisotopic (exact) mass is 387 g/mol. The number of nitrogens with two attached hydrogens (primary N) is 1. The van der Waals surface area contributed by atoms with Gasteiger partial charge >= 0.3 is 0 Å². The molecule has 2 aromatic carbocycles. The molecule has 0 fully saturated rings. The summed E-state index contributed by atoms with van der Waals surface area (Å²) in [5, 5.41) is 2.70. The van der Waals surface area contributed by atoms with Gasteiger partial charge in [0.25, 0.3) is 0 Å². The molecule has 4 N–H and O–H groups in total. The van der Waals surface area contributed by atoms with E-state index in [2.05, 4.69) is 10.0 Å². The van der Waals surface area contributed by atoms with Crippen molar-refractivity contribution in [3.05, 3.63) is 65.7 Å². The van der Waals surface area contributed by atoms with Crippen molar-refractivity contribution in [1.82, 2.24) is 4.72 Å². The van der Waals surface area contributed by atoms with E-state index in [1.807, 2.05) is 0 Å². The molecule has 2 amide bonds. The molecule has 8 heteroatoms. The molecule has 0 aliphatic heterocycles. The average Bonchev–Trinajstić information content (AvgIpc) is 2.61. The first-order chi connectivity index (χ1) is 12.8. The van der Waals surface area contributed by atoms with Gasteiger partial charge < -0.3 is 11.1 Å². The Hall–Kier alpha value is -2.97. The largest absolute Gasteiger partial charge is 0.369 e. The number of rotatable bonds is 8. The number of benzene rings is 2. The van der Waals surface area contributed by atoms with Gasteiger partial charge in [-0.05, 0) is 35.4 Å². The Morgan fingerprint density at radius 3 is 2.37 bits per heavy atom. The maximum atomic E-state index is 12.1. The SMILES string of the molecule is CCNS(=O)(=O)c1ccc(C=CC(=O)Nc2ccccc2CC(N)=O)cc1. The third-order valence-corrected chi connectivity index (χ3v) is 5.15. The minimum atomic E-state index is -3.50. The fourth-order valence-electron chi connectivity index (χ4n) is 2.36. The molecule has 0 aliphatic rings. The molecule has 27 heavy (non-hydrogen) atoms. The number of amides is 2. The summed E-state index contributed by atoms with van der Waals surface area (Å²) in [5.74, 6) is -0.865. The molecule has 0 aliphatic carbocycles. The van der Waals surface area contributed by atoms with Gasteiger partial charge in [-0.3, -0.25) is 9.59 Å². The lowest BCUT2D eigenvalue weighted by Gasteiger charge is -2.08. The van der Waals surface area contributed by atoms with Crippen molar-refractivity contribution in [3.63, 3.8) is 0 Å². The quantitative estimate of drug-likeness (QED) is 0.597. The van der Waals surface area contributed by atoms with Crippen molar-refractivity contribution in [1.29, 1.82) is 0 Å². The molecule has 0 bridgehead atoms. The van der Waals surface area contributed by atoms with E-state index in [0.29, 0.717) is 23.4 Å². The highest BCUT2D eigenvalue weighted by Crippen LogP contribution is 2.16. The first kappa shape index (κ1) is 20.3. The van der Waals surface area contributed by atoms with E-state index in [4.69, 9.17) is 5.73 Å². The van der Waals surface area contributed by atoms with Gasteiger partial charge in [-0.1, -0.05) is 37.3 Å². The van der Waals surface area contributed by atoms with E-state index in [-0.39, 0.29) is 17.2 Å². The summed E-state index contributed by atoms with van der Waals surface area (Å²) < 4.78 is 26.2. The second-order valence-corrected chi connectivity index (χ2v) is 7.46. The van der Waals surface area contributed by atoms with E-state index in [0.717, 1.165) is 0 Å². The summed E-state index contributed by atoms with van der Waals surface area (Å²) in [5.41, 5.74) is 7.02. The molecule has 0 spiro atoms. The number of primary amides is 1. The molecule has 0 saturated heterocycles. The Balaban J connectivity index is 2.06. The highest BCUT2D eigenvalue weighted by molar-refractivity contribution is 7.89. The van der Waals surface area contributed by atoms with Crippen molar-refractivity contribution >= 4 is 33.6 Å². The van der Waals surface area contributed by atoms with Gasteiger partial charge in [-0.25, -0.2) is 13.1 Å². The number of carbonyl (C=O) groups is 2. The van der Waals surface area contributed by atoms with Gasteiger partial charge in [0.15, 0.2) is 0 Å². The van der Waals surface area contributed by atoms with Crippen LogP contribution in [0.15, 0.2) is 59.5 Å². The highest BCUT2D eigenvalue weighted by atomic mass is 32.2. The van der Waals surface area contributed by atoms with Crippen LogP contribution in [0.5, 0.6) is 0 Å². The van der Waals surface area contributed by atoms with Crippen LogP contribution < -0.4 is 15.8 Å². The van der Waals surface area contributed by atoms with Crippen molar-refractivity contribution in [2.45, 2.75) is 18.2 Å². The molecular weight excluding hydrogens is 366 g/mol. The first-order valence-electron chi connectivity index (χ1n) is 8.27. The third-order valence-electron chi connectivity index (χ3n) is 3.59. The molecule has 0 unspecified atom stereocenters. The maximum Gasteiger partial charge on any atom is 0.248 e. The van der Waals surface area contributed by atoms with E-state index in [9.17, 15) is 18.0 Å². The van der Waals surface area contributed by atoms with Crippen LogP contribution in [0.4, 0.5) is 5.69 Å². The normalized spacial score (nSPS) is 11.4. The van der Waals surface area contributed by atoms with Gasteiger partial charge in [-0.2, -0.15) is 0 Å². The second kappa shape index (κ2) is 9.11. The smallest absolute Gasteiger partial charge is 0.248 e. The number of anilines is 1. The van der Waals surface area contributed by atoms with Gasteiger partial charge in [0.05, 0.1) is 11.3 Å². The van der Waals surface area contributed by atoms with Crippen molar-refractivity contribution in [3.8, 4) is 0 Å². The molecule has 142 valence electrons. The molecule has 0 saturated carbocycles. The fraction of sp³-hybridized carbons (Fsp3) is 0.158. The zero-order valence-corrected chi connectivity index (χ0v) is 15.6. The Bertz CT molecular complexity index is 951. The van der Waals surface area contributed by atoms with Crippen LogP contribution in [0.1, 0.15) is 18.1 Å². The lowest BCUT2D eigenvalue weighted by Crippen LogP contribution is -2.22. The molecule has 2 aromatic rings. The van der Waals surface area contributed by atoms with E-state index >= 15 is 0 Å². The minimum absolute atomic E-state index is 0.0297. The Morgan fingerprint density at radius 2 is 1.74 bits per heavy atom. The average molecular weight is 387 g/mol. The molecule has 2 rings (SSSR count). The van der Waals surface area contributed by atoms with Crippen molar-refractivity contribution in [2.75, 3.05) is 11.9 Å². The maximum absolute atomic E-state index is 12.1. The predicted molar refractivity (Wildman–Crippen MR) is 104 cm³/mol. The first-order valence-corrected chi connectivity index (χ1v) is 9.75. The Morgan fingerprint density at radius 1 is 1.07 bits per heavy atom. The topological polar surface area (TPSA) is 118 Å². The van der Waals surface area contributed by atoms with Gasteiger partial charge in [-0.15, -0.1) is 0 Å². The van der Waals surface area contributed by atoms with Crippen LogP contribution in [-0.4, -0.2) is 26.8 Å². The third kappa shape index (κ3) is 6.05. The molecule has 0 heterocycles. The highest BCUT2D eigenvalue weighted by Gasteiger charge is 2.11. The van der Waals surface area contributed by atoms with Crippen LogP contribution in [0.3, 0.4) is 0 Å². The van der Waals surface area contributed by atoms with Crippen molar-refractivity contribution in [2.24, 2.45) is 5.73 Å². The van der Waals surface area contributed by atoms with Crippen LogP contribution >= 0.6 is 0 Å². The van der Waals surface area contributed by atoms with E-state index in [1.165, 1.54) is 18.2 Å². The predicted octanol–water partition coefficient (Wildman–Crippen LogP) is 1.66. The van der Waals surface area contributed by atoms with E-state index < -0.39 is 15.9 Å². The van der Waals surface area contributed by atoms with Gasteiger partial charge in [0, 0.05) is 18.3 Å². The Labute approximate surface area is 158 Å². The van der Waals surface area contributed by atoms with Crippen LogP contribution in [0, 0.1) is 0 Å². The van der Waals surface area contributed by atoms with Crippen molar-refractivity contribution < 1.29 is 18.0 Å². The summed E-state index contributed by atoms with van der Waals surface area (Å²) in [6, 6.07) is 13.1. The number of hydrogen-bond donors (Lipinski definition) is 3. The number of nitrogens with one attached hydrogen (secondary N) is 2. The second-order valence-electron chi connectivity index (χ2n) is 5.69. The number of para-hydroxylation sites is 1. The molecule has 0 radical (unpaired) electrons. The summed E-state index contributed by atoms with van der Waals surface area (Å²) >= 11 is 0. The van der Waals surface area contributed by atoms with Crippen LogP contribution in [0.2, 0.25) is 0 Å². The number of hydrogen-bond acceptors (Lipinski definition) is 4. The summed E-state index contributed by atoms with van der Waals surface area (Å²) in [4.78, 5) is 23.4. The lowest BCUT2D eigenvalue weighted by atomic mass is 10.1. The zero-order valence-electron chi connectivity index (χ0n) is 14.8. The van der Waals surface area contributed by atoms with Gasteiger partial charge in [0.1, 0.15) is 0 Å². The number of carbonyl (C=O) groups excluding carboxylic acids is 2. The molecule has 0 atom stereocenters. The van der Waals surface area contributed by atoms with Gasteiger partial charge in [0.2, 0.25) is 21.8 Å².